The number of amides is 4. The monoisotopic (exact) mass is 242 g/mol. The summed E-state index contributed by atoms with van der Waals surface area (Å²) >= 11 is 0. The van der Waals surface area contributed by atoms with Crippen LogP contribution in [0.15, 0.2) is 0 Å². The van der Waals surface area contributed by atoms with E-state index >= 15 is 0 Å². The van der Waals surface area contributed by atoms with E-state index in [1.807, 2.05) is 13.8 Å². The van der Waals surface area contributed by atoms with Gasteiger partial charge in [0.2, 0.25) is 0 Å². The van der Waals surface area contributed by atoms with Crippen molar-refractivity contribution >= 4 is 12.1 Å². The Morgan fingerprint density at radius 1 is 1.41 bits per heavy atom. The molecule has 0 saturated carbocycles. The molecule has 6 heteroatoms. The van der Waals surface area contributed by atoms with Crippen molar-refractivity contribution in [2.45, 2.75) is 26.3 Å². The first-order valence-corrected chi connectivity index (χ1v) is 6.04. The Morgan fingerprint density at radius 3 is 2.71 bits per heavy atom. The molecule has 0 bridgehead atoms. The van der Waals surface area contributed by atoms with Gasteiger partial charge in [0.05, 0.1) is 0 Å². The highest BCUT2D eigenvalue weighted by Gasteiger charge is 2.26. The van der Waals surface area contributed by atoms with Crippen LogP contribution in [0.1, 0.15) is 20.3 Å². The Kier molecular flexibility index (Phi) is 5.06. The van der Waals surface area contributed by atoms with Gasteiger partial charge in [0.25, 0.3) is 0 Å². The Balaban J connectivity index is 2.25. The second-order valence-corrected chi connectivity index (χ2v) is 4.73. The van der Waals surface area contributed by atoms with E-state index in [4.69, 9.17) is 0 Å². The zero-order valence-electron chi connectivity index (χ0n) is 10.7. The molecule has 1 rings (SSSR count). The Labute approximate surface area is 102 Å². The fourth-order valence-corrected chi connectivity index (χ4v) is 1.75. The lowest BCUT2D eigenvalue weighted by Crippen LogP contribution is -2.45. The number of carbonyl (C=O) groups excluding carboxylic acids is 2. The predicted molar refractivity (Wildman–Crippen MR) is 65.8 cm³/mol. The van der Waals surface area contributed by atoms with E-state index < -0.39 is 0 Å². The maximum Gasteiger partial charge on any atom is 0.317 e. The number of likely N-dealkylation sites (tertiary alicyclic amines) is 1. The predicted octanol–water partition coefficient (Wildman–Crippen LogP) is 0.355. The lowest BCUT2D eigenvalue weighted by molar-refractivity contribution is 0.209. The highest BCUT2D eigenvalue weighted by atomic mass is 16.2. The molecule has 0 aliphatic carbocycles. The summed E-state index contributed by atoms with van der Waals surface area (Å²) < 4.78 is 0. The summed E-state index contributed by atoms with van der Waals surface area (Å²) in [6.07, 6.45) is 0.808. The molecule has 98 valence electrons. The molecule has 6 nitrogen and oxygen atoms in total. The zero-order chi connectivity index (χ0) is 12.8. The van der Waals surface area contributed by atoms with Gasteiger partial charge in [-0.3, -0.25) is 0 Å². The second kappa shape index (κ2) is 6.32. The zero-order valence-corrected chi connectivity index (χ0v) is 10.7. The number of carbonyl (C=O) groups is 2. The average Bonchev–Trinajstić information content (AvgIpc) is 2.73. The summed E-state index contributed by atoms with van der Waals surface area (Å²) in [5.41, 5.74) is 0. The molecule has 17 heavy (non-hydrogen) atoms. The van der Waals surface area contributed by atoms with E-state index in [1.165, 1.54) is 0 Å². The molecular weight excluding hydrogens is 220 g/mol. The number of nitrogens with zero attached hydrogens (tertiary/aromatic N) is 1. The van der Waals surface area contributed by atoms with Crippen LogP contribution in [0.5, 0.6) is 0 Å². The number of rotatable bonds is 3. The molecule has 1 atom stereocenters. The lowest BCUT2D eigenvalue weighted by Gasteiger charge is -2.17. The van der Waals surface area contributed by atoms with Gasteiger partial charge in [0.15, 0.2) is 0 Å². The van der Waals surface area contributed by atoms with Crippen LogP contribution in [-0.2, 0) is 0 Å². The van der Waals surface area contributed by atoms with Crippen molar-refractivity contribution in [1.29, 1.82) is 0 Å². The topological polar surface area (TPSA) is 73.5 Å². The van der Waals surface area contributed by atoms with Crippen molar-refractivity contribution in [2.24, 2.45) is 5.92 Å². The number of urea groups is 2. The summed E-state index contributed by atoms with van der Waals surface area (Å²) in [5.74, 6) is 0.437. The van der Waals surface area contributed by atoms with Crippen LogP contribution in [0.25, 0.3) is 0 Å². The molecule has 4 amide bonds. The molecule has 1 heterocycles. The maximum absolute atomic E-state index is 11.5. The third-order valence-electron chi connectivity index (χ3n) is 2.70. The van der Waals surface area contributed by atoms with Gasteiger partial charge >= 0.3 is 12.1 Å². The molecule has 0 radical (unpaired) electrons. The van der Waals surface area contributed by atoms with Crippen LogP contribution in [-0.4, -0.2) is 49.7 Å². The minimum absolute atomic E-state index is 0.0551. The molecule has 0 aromatic carbocycles. The van der Waals surface area contributed by atoms with Crippen molar-refractivity contribution < 1.29 is 9.59 Å². The minimum Gasteiger partial charge on any atom is -0.341 e. The molecule has 1 saturated heterocycles. The van der Waals surface area contributed by atoms with Crippen LogP contribution in [0.3, 0.4) is 0 Å². The molecule has 1 fully saturated rings. The molecule has 0 aromatic rings. The molecule has 0 spiro atoms. The Morgan fingerprint density at radius 2 is 2.12 bits per heavy atom. The van der Waals surface area contributed by atoms with Gasteiger partial charge in [0.1, 0.15) is 0 Å². The average molecular weight is 242 g/mol. The fraction of sp³-hybridized carbons (Fsp3) is 0.818. The van der Waals surface area contributed by atoms with Crippen LogP contribution >= 0.6 is 0 Å². The van der Waals surface area contributed by atoms with E-state index in [0.29, 0.717) is 25.6 Å². The SMILES string of the molecule is CNC(=O)N1CC[C@H](NC(=O)NCC(C)C)C1. The summed E-state index contributed by atoms with van der Waals surface area (Å²) in [6, 6.07) is -0.182. The Bertz CT molecular complexity index is 281. The highest BCUT2D eigenvalue weighted by Crippen LogP contribution is 2.08. The first-order valence-electron chi connectivity index (χ1n) is 6.04. The number of nitrogens with one attached hydrogen (secondary N) is 3. The second-order valence-electron chi connectivity index (χ2n) is 4.73. The van der Waals surface area contributed by atoms with Crippen LogP contribution in [0, 0.1) is 5.92 Å². The molecule has 1 aliphatic heterocycles. The van der Waals surface area contributed by atoms with Crippen molar-refractivity contribution in [3.63, 3.8) is 0 Å². The largest absolute Gasteiger partial charge is 0.341 e. The normalized spacial score (nSPS) is 19.3. The van der Waals surface area contributed by atoms with Gasteiger partial charge in [0, 0.05) is 32.7 Å². The maximum atomic E-state index is 11.5. The van der Waals surface area contributed by atoms with Gasteiger partial charge in [-0.1, -0.05) is 13.8 Å². The van der Waals surface area contributed by atoms with Gasteiger partial charge in [-0.15, -0.1) is 0 Å². The van der Waals surface area contributed by atoms with Crippen molar-refractivity contribution in [2.75, 3.05) is 26.7 Å². The summed E-state index contributed by atoms with van der Waals surface area (Å²) in [6.45, 7) is 6.02. The van der Waals surface area contributed by atoms with E-state index in [-0.39, 0.29) is 18.1 Å². The van der Waals surface area contributed by atoms with Gasteiger partial charge in [-0.05, 0) is 12.3 Å². The Hall–Kier alpha value is -1.46. The van der Waals surface area contributed by atoms with Crippen LogP contribution < -0.4 is 16.0 Å². The molecular formula is C11H22N4O2. The summed E-state index contributed by atoms with van der Waals surface area (Å²) in [5, 5.41) is 8.25. The summed E-state index contributed by atoms with van der Waals surface area (Å²) in [4.78, 5) is 24.6. The minimum atomic E-state index is -0.151. The third-order valence-corrected chi connectivity index (χ3v) is 2.70. The summed E-state index contributed by atoms with van der Waals surface area (Å²) in [7, 11) is 1.61. The molecule has 1 aliphatic rings. The van der Waals surface area contributed by atoms with Gasteiger partial charge < -0.3 is 20.9 Å². The molecule has 3 N–H and O–H groups in total. The van der Waals surface area contributed by atoms with E-state index in [9.17, 15) is 9.59 Å². The number of hydrogen-bond acceptors (Lipinski definition) is 2. The standard InChI is InChI=1S/C11H22N4O2/c1-8(2)6-13-10(16)14-9-4-5-15(7-9)11(17)12-3/h8-9H,4-7H2,1-3H3,(H,12,17)(H2,13,14,16)/t9-/m0/s1. The lowest BCUT2D eigenvalue weighted by atomic mass is 10.2. The number of hydrogen-bond donors (Lipinski definition) is 3. The van der Waals surface area contributed by atoms with Crippen LogP contribution in [0.2, 0.25) is 0 Å². The van der Waals surface area contributed by atoms with Gasteiger partial charge in [-0.2, -0.15) is 0 Å². The van der Waals surface area contributed by atoms with E-state index in [0.717, 1.165) is 6.42 Å². The first-order chi connectivity index (χ1) is 8.02. The van der Waals surface area contributed by atoms with Crippen LogP contribution in [0.4, 0.5) is 9.59 Å². The molecule has 0 unspecified atom stereocenters. The molecule has 0 aromatic heterocycles. The van der Waals surface area contributed by atoms with Crippen molar-refractivity contribution in [3.05, 3.63) is 0 Å². The smallest absolute Gasteiger partial charge is 0.317 e. The van der Waals surface area contributed by atoms with E-state index in [1.54, 1.807) is 11.9 Å². The third kappa shape index (κ3) is 4.50. The fourth-order valence-electron chi connectivity index (χ4n) is 1.75. The van der Waals surface area contributed by atoms with Crippen molar-refractivity contribution in [1.82, 2.24) is 20.9 Å². The highest BCUT2D eigenvalue weighted by molar-refractivity contribution is 5.76. The first kappa shape index (κ1) is 13.6. The van der Waals surface area contributed by atoms with Gasteiger partial charge in [-0.25, -0.2) is 9.59 Å². The van der Waals surface area contributed by atoms with Crippen molar-refractivity contribution in [3.8, 4) is 0 Å². The van der Waals surface area contributed by atoms with E-state index in [2.05, 4.69) is 16.0 Å². The quantitative estimate of drug-likeness (QED) is 0.668.